The number of hydrogen-bond donors (Lipinski definition) is 1. The van der Waals surface area contributed by atoms with E-state index in [1.54, 1.807) is 32.6 Å². The number of rotatable bonds is 8. The lowest BCUT2D eigenvalue weighted by molar-refractivity contribution is -0.145. The smallest absolute Gasteiger partial charge is 0.327 e. The standard InChI is InChI=1S/C26H22N2O5S2/c1-32-21-10-6-9-18(23(21)33-2)19-12-11-17(15-27-19)14-22-24(29)28(26(34)35-22)20(25(30)31)13-16-7-4-3-5-8-16/h3-12,14-15,20H,13H2,1-2H3,(H,30,31)/b22-14-. The molecule has 1 atom stereocenters. The highest BCUT2D eigenvalue weighted by atomic mass is 32.2. The van der Waals surface area contributed by atoms with Gasteiger partial charge in [-0.05, 0) is 35.4 Å². The number of carboxylic acid groups (broad SMARTS) is 1. The Labute approximate surface area is 212 Å². The third-order valence-electron chi connectivity index (χ3n) is 5.46. The summed E-state index contributed by atoms with van der Waals surface area (Å²) in [5.41, 5.74) is 2.95. The normalized spacial score (nSPS) is 15.4. The Morgan fingerprint density at radius 3 is 2.51 bits per heavy atom. The second-order valence-corrected chi connectivity index (χ2v) is 9.29. The average Bonchev–Trinajstić information content (AvgIpc) is 3.15. The van der Waals surface area contributed by atoms with Gasteiger partial charge in [-0.15, -0.1) is 0 Å². The lowest BCUT2D eigenvalue weighted by Gasteiger charge is -2.23. The molecule has 7 nitrogen and oxygen atoms in total. The Morgan fingerprint density at radius 1 is 1.11 bits per heavy atom. The summed E-state index contributed by atoms with van der Waals surface area (Å²) >= 11 is 6.47. The van der Waals surface area contributed by atoms with E-state index in [9.17, 15) is 14.7 Å². The molecule has 0 aliphatic carbocycles. The number of aromatic nitrogens is 1. The number of nitrogens with zero attached hydrogens (tertiary/aromatic N) is 2. The number of para-hydroxylation sites is 1. The van der Waals surface area contributed by atoms with Crippen molar-refractivity contribution < 1.29 is 24.2 Å². The van der Waals surface area contributed by atoms with E-state index in [1.165, 1.54) is 4.90 Å². The lowest BCUT2D eigenvalue weighted by atomic mass is 10.0. The van der Waals surface area contributed by atoms with Crippen LogP contribution in [0.2, 0.25) is 0 Å². The van der Waals surface area contributed by atoms with Crippen LogP contribution >= 0.6 is 24.0 Å². The predicted octanol–water partition coefficient (Wildman–Crippen LogP) is 4.66. The molecule has 1 amide bonds. The van der Waals surface area contributed by atoms with Crippen LogP contribution in [0, 0.1) is 0 Å². The molecule has 1 unspecified atom stereocenters. The largest absolute Gasteiger partial charge is 0.493 e. The van der Waals surface area contributed by atoms with E-state index < -0.39 is 17.9 Å². The number of aliphatic carboxylic acids is 1. The summed E-state index contributed by atoms with van der Waals surface area (Å²) in [7, 11) is 3.14. The van der Waals surface area contributed by atoms with Crippen molar-refractivity contribution in [2.24, 2.45) is 0 Å². The Kier molecular flexibility index (Phi) is 7.48. The van der Waals surface area contributed by atoms with Gasteiger partial charge in [0.2, 0.25) is 0 Å². The van der Waals surface area contributed by atoms with Crippen molar-refractivity contribution in [3.63, 3.8) is 0 Å². The Morgan fingerprint density at radius 2 is 1.89 bits per heavy atom. The number of ether oxygens (including phenoxy) is 2. The number of carboxylic acids is 1. The number of thioether (sulfide) groups is 1. The zero-order chi connectivity index (χ0) is 24.9. The van der Waals surface area contributed by atoms with Gasteiger partial charge < -0.3 is 14.6 Å². The first-order valence-electron chi connectivity index (χ1n) is 10.6. The van der Waals surface area contributed by atoms with Gasteiger partial charge in [0.05, 0.1) is 24.8 Å². The topological polar surface area (TPSA) is 89.0 Å². The lowest BCUT2D eigenvalue weighted by Crippen LogP contribution is -2.45. The SMILES string of the molecule is COc1cccc(-c2ccc(/C=C3\SC(=S)N(C(Cc4ccccc4)C(=O)O)C3=O)cn2)c1OC. The third kappa shape index (κ3) is 5.21. The number of hydrogen-bond acceptors (Lipinski definition) is 7. The van der Waals surface area contributed by atoms with E-state index in [2.05, 4.69) is 4.98 Å². The maximum Gasteiger partial charge on any atom is 0.327 e. The summed E-state index contributed by atoms with van der Waals surface area (Å²) in [6, 6.07) is 17.3. The Hall–Kier alpha value is -3.69. The molecule has 1 saturated heterocycles. The van der Waals surface area contributed by atoms with Gasteiger partial charge in [0.15, 0.2) is 11.5 Å². The van der Waals surface area contributed by atoms with Gasteiger partial charge in [-0.25, -0.2) is 4.79 Å². The second kappa shape index (κ2) is 10.7. The number of carbonyl (C=O) groups is 2. The molecule has 178 valence electrons. The number of methoxy groups -OCH3 is 2. The molecule has 3 aromatic rings. The highest BCUT2D eigenvalue weighted by molar-refractivity contribution is 8.26. The molecule has 4 rings (SSSR count). The number of thiocarbonyl (C=S) groups is 1. The third-order valence-corrected chi connectivity index (χ3v) is 6.79. The highest BCUT2D eigenvalue weighted by Gasteiger charge is 2.40. The average molecular weight is 507 g/mol. The number of pyridine rings is 1. The van der Waals surface area contributed by atoms with Crippen LogP contribution < -0.4 is 9.47 Å². The first kappa shape index (κ1) is 24.4. The Bertz CT molecular complexity index is 1290. The van der Waals surface area contributed by atoms with Crippen LogP contribution in [0.3, 0.4) is 0 Å². The molecule has 0 spiro atoms. The van der Waals surface area contributed by atoms with Gasteiger partial charge >= 0.3 is 5.97 Å². The van der Waals surface area contributed by atoms with Crippen LogP contribution in [0.1, 0.15) is 11.1 Å². The molecule has 0 radical (unpaired) electrons. The molecular weight excluding hydrogens is 484 g/mol. The van der Waals surface area contributed by atoms with Crippen LogP contribution in [0.25, 0.3) is 17.3 Å². The van der Waals surface area contributed by atoms with Crippen LogP contribution in [0.5, 0.6) is 11.5 Å². The zero-order valence-corrected chi connectivity index (χ0v) is 20.6. The monoisotopic (exact) mass is 506 g/mol. The molecule has 1 fully saturated rings. The summed E-state index contributed by atoms with van der Waals surface area (Å²) in [6.45, 7) is 0. The van der Waals surface area contributed by atoms with Gasteiger partial charge in [-0.1, -0.05) is 66.4 Å². The van der Waals surface area contributed by atoms with E-state index in [4.69, 9.17) is 21.7 Å². The number of amides is 1. The van der Waals surface area contributed by atoms with Gasteiger partial charge in [0.25, 0.3) is 5.91 Å². The second-order valence-electron chi connectivity index (χ2n) is 7.61. The van der Waals surface area contributed by atoms with Gasteiger partial charge in [0, 0.05) is 18.2 Å². The number of carbonyl (C=O) groups excluding carboxylic acids is 1. The van der Waals surface area contributed by atoms with Crippen LogP contribution in [-0.2, 0) is 16.0 Å². The van der Waals surface area contributed by atoms with Gasteiger partial charge in [-0.2, -0.15) is 0 Å². The van der Waals surface area contributed by atoms with Crippen molar-refractivity contribution in [2.45, 2.75) is 12.5 Å². The molecule has 1 aliphatic rings. The fourth-order valence-electron chi connectivity index (χ4n) is 3.77. The molecule has 0 saturated carbocycles. The van der Waals surface area contributed by atoms with Crippen molar-refractivity contribution in [3.8, 4) is 22.8 Å². The fourth-order valence-corrected chi connectivity index (χ4v) is 5.12. The minimum atomic E-state index is -1.11. The van der Waals surface area contributed by atoms with Crippen LogP contribution in [0.15, 0.2) is 71.8 Å². The van der Waals surface area contributed by atoms with Crippen molar-refractivity contribution in [1.82, 2.24) is 9.88 Å². The van der Waals surface area contributed by atoms with E-state index >= 15 is 0 Å². The van der Waals surface area contributed by atoms with E-state index in [0.717, 1.165) is 22.9 Å². The molecule has 35 heavy (non-hydrogen) atoms. The van der Waals surface area contributed by atoms with Crippen LogP contribution in [0.4, 0.5) is 0 Å². The summed E-state index contributed by atoms with van der Waals surface area (Å²) in [5, 5.41) is 9.81. The maximum absolute atomic E-state index is 13.1. The molecule has 1 N–H and O–H groups in total. The molecule has 1 aliphatic heterocycles. The predicted molar refractivity (Wildman–Crippen MR) is 139 cm³/mol. The molecule has 1 aromatic heterocycles. The van der Waals surface area contributed by atoms with Crippen molar-refractivity contribution in [2.75, 3.05) is 14.2 Å². The minimum absolute atomic E-state index is 0.161. The molecule has 2 heterocycles. The summed E-state index contributed by atoms with van der Waals surface area (Å²) in [4.78, 5) is 31.2. The summed E-state index contributed by atoms with van der Waals surface area (Å²) in [5.74, 6) is -0.358. The molecule has 2 aromatic carbocycles. The van der Waals surface area contributed by atoms with E-state index in [1.807, 2.05) is 54.6 Å². The summed E-state index contributed by atoms with van der Waals surface area (Å²) < 4.78 is 11.1. The van der Waals surface area contributed by atoms with Crippen molar-refractivity contribution in [1.29, 1.82) is 0 Å². The maximum atomic E-state index is 13.1. The fraction of sp³-hybridized carbons (Fsp3) is 0.154. The quantitative estimate of drug-likeness (QED) is 0.349. The first-order chi connectivity index (χ1) is 16.9. The van der Waals surface area contributed by atoms with Gasteiger partial charge in [0.1, 0.15) is 10.4 Å². The summed E-state index contributed by atoms with van der Waals surface area (Å²) in [6.07, 6.45) is 3.47. The zero-order valence-electron chi connectivity index (χ0n) is 19.0. The number of benzene rings is 2. The Balaban J connectivity index is 1.57. The van der Waals surface area contributed by atoms with Crippen molar-refractivity contribution >= 4 is 46.3 Å². The first-order valence-corrected chi connectivity index (χ1v) is 11.9. The van der Waals surface area contributed by atoms with Crippen LogP contribution in [-0.4, -0.2) is 51.4 Å². The minimum Gasteiger partial charge on any atom is -0.493 e. The van der Waals surface area contributed by atoms with Crippen molar-refractivity contribution in [3.05, 3.63) is 82.9 Å². The molecular formula is C26H22N2O5S2. The van der Waals surface area contributed by atoms with E-state index in [0.29, 0.717) is 27.7 Å². The van der Waals surface area contributed by atoms with Gasteiger partial charge in [-0.3, -0.25) is 14.7 Å². The molecule has 9 heteroatoms. The molecule has 0 bridgehead atoms. The highest BCUT2D eigenvalue weighted by Crippen LogP contribution is 2.38. The van der Waals surface area contributed by atoms with E-state index in [-0.39, 0.29) is 10.7 Å².